The summed E-state index contributed by atoms with van der Waals surface area (Å²) in [4.78, 5) is 15.0. The fourth-order valence-electron chi connectivity index (χ4n) is 4.65. The van der Waals surface area contributed by atoms with Crippen LogP contribution in [-0.2, 0) is 14.8 Å². The van der Waals surface area contributed by atoms with Gasteiger partial charge < -0.3 is 10.2 Å². The average molecular weight is 486 g/mol. The highest BCUT2D eigenvalue weighted by Gasteiger charge is 2.21. The third kappa shape index (κ3) is 6.75. The molecule has 6 nitrogen and oxygen atoms in total. The Morgan fingerprint density at radius 2 is 1.88 bits per heavy atom. The van der Waals surface area contributed by atoms with Crippen LogP contribution in [0.5, 0.6) is 0 Å². The average Bonchev–Trinajstić information content (AvgIpc) is 2.78. The van der Waals surface area contributed by atoms with Gasteiger partial charge in [0.2, 0.25) is 15.9 Å². The fourth-order valence-corrected chi connectivity index (χ4v) is 5.66. The van der Waals surface area contributed by atoms with Gasteiger partial charge in [-0.25, -0.2) is 8.42 Å². The molecule has 34 heavy (non-hydrogen) atoms. The van der Waals surface area contributed by atoms with Crippen LogP contribution in [0.1, 0.15) is 62.3 Å². The predicted molar refractivity (Wildman–Crippen MR) is 141 cm³/mol. The van der Waals surface area contributed by atoms with Crippen molar-refractivity contribution in [3.63, 3.8) is 0 Å². The number of hydrogen-bond donors (Lipinski definition) is 1. The standard InChI is InChI=1S/C27H39N3O3S/c1-20-9-7-17-29(19-20)25-15-13-24(14-16-25)23(4)28-27(31)12-8-18-30(34(5,32)33)26-11-6-10-21(2)22(26)3/h6,10-11,13-16,20,23H,7-9,12,17-19H2,1-5H3,(H,28,31)/t20-,23+/m0/s1. The molecule has 0 saturated carbocycles. The molecule has 2 aromatic carbocycles. The van der Waals surface area contributed by atoms with E-state index in [1.54, 1.807) is 0 Å². The van der Waals surface area contributed by atoms with E-state index in [2.05, 4.69) is 41.4 Å². The van der Waals surface area contributed by atoms with Crippen molar-refractivity contribution in [1.82, 2.24) is 5.32 Å². The molecule has 1 heterocycles. The van der Waals surface area contributed by atoms with Crippen LogP contribution in [0.2, 0.25) is 0 Å². The topological polar surface area (TPSA) is 69.7 Å². The molecule has 1 saturated heterocycles. The summed E-state index contributed by atoms with van der Waals surface area (Å²) in [6.45, 7) is 10.6. The van der Waals surface area contributed by atoms with E-state index in [-0.39, 0.29) is 24.9 Å². The Kier molecular flexibility index (Phi) is 8.63. The van der Waals surface area contributed by atoms with Gasteiger partial charge in [0.15, 0.2) is 0 Å². The van der Waals surface area contributed by atoms with E-state index in [0.29, 0.717) is 12.1 Å². The third-order valence-electron chi connectivity index (χ3n) is 6.80. The van der Waals surface area contributed by atoms with Gasteiger partial charge in [-0.2, -0.15) is 0 Å². The molecule has 0 aliphatic carbocycles. The number of piperidine rings is 1. The molecule has 0 unspecified atom stereocenters. The van der Waals surface area contributed by atoms with Crippen LogP contribution in [0.4, 0.5) is 11.4 Å². The van der Waals surface area contributed by atoms with Gasteiger partial charge in [0.1, 0.15) is 0 Å². The van der Waals surface area contributed by atoms with Crippen molar-refractivity contribution >= 4 is 27.3 Å². The first-order chi connectivity index (χ1) is 16.1. The zero-order chi connectivity index (χ0) is 24.9. The molecular weight excluding hydrogens is 446 g/mol. The zero-order valence-electron chi connectivity index (χ0n) is 21.2. The van der Waals surface area contributed by atoms with E-state index >= 15 is 0 Å². The van der Waals surface area contributed by atoms with Crippen LogP contribution in [0, 0.1) is 19.8 Å². The number of carbonyl (C=O) groups excluding carboxylic acids is 1. The fraction of sp³-hybridized carbons (Fsp3) is 0.519. The van der Waals surface area contributed by atoms with Crippen molar-refractivity contribution in [3.05, 3.63) is 59.2 Å². The Balaban J connectivity index is 1.54. The summed E-state index contributed by atoms with van der Waals surface area (Å²) < 4.78 is 26.2. The molecule has 1 fully saturated rings. The number of carbonyl (C=O) groups is 1. The number of amides is 1. The summed E-state index contributed by atoms with van der Waals surface area (Å²) in [5.74, 6) is 0.649. The number of benzene rings is 2. The molecule has 1 amide bonds. The van der Waals surface area contributed by atoms with Crippen molar-refractivity contribution in [2.45, 2.75) is 59.4 Å². The summed E-state index contributed by atoms with van der Waals surface area (Å²) in [5.41, 5.74) is 4.96. The van der Waals surface area contributed by atoms with Crippen LogP contribution >= 0.6 is 0 Å². The van der Waals surface area contributed by atoms with E-state index in [1.807, 2.05) is 39.0 Å². The second-order valence-electron chi connectivity index (χ2n) is 9.73. The van der Waals surface area contributed by atoms with Gasteiger partial charge >= 0.3 is 0 Å². The molecule has 0 bridgehead atoms. The number of hydrogen-bond acceptors (Lipinski definition) is 4. The van der Waals surface area contributed by atoms with Crippen LogP contribution in [0.3, 0.4) is 0 Å². The Hall–Kier alpha value is -2.54. The number of sulfonamides is 1. The van der Waals surface area contributed by atoms with Gasteiger partial charge in [-0.15, -0.1) is 0 Å². The second-order valence-corrected chi connectivity index (χ2v) is 11.6. The zero-order valence-corrected chi connectivity index (χ0v) is 22.0. The van der Waals surface area contributed by atoms with E-state index in [9.17, 15) is 13.2 Å². The first kappa shape index (κ1) is 26.1. The van der Waals surface area contributed by atoms with Crippen LogP contribution in [0.25, 0.3) is 0 Å². The molecule has 1 aliphatic heterocycles. The highest BCUT2D eigenvalue weighted by atomic mass is 32.2. The maximum atomic E-state index is 12.6. The maximum absolute atomic E-state index is 12.6. The summed E-state index contributed by atoms with van der Waals surface area (Å²) in [7, 11) is -3.44. The van der Waals surface area contributed by atoms with Crippen molar-refractivity contribution in [2.75, 3.05) is 35.1 Å². The highest BCUT2D eigenvalue weighted by Crippen LogP contribution is 2.26. The predicted octanol–water partition coefficient (Wildman–Crippen LogP) is 4.96. The lowest BCUT2D eigenvalue weighted by Crippen LogP contribution is -2.34. The molecule has 1 N–H and O–H groups in total. The van der Waals surface area contributed by atoms with Gasteiger partial charge in [0.25, 0.3) is 0 Å². The minimum Gasteiger partial charge on any atom is -0.371 e. The molecule has 2 aromatic rings. The van der Waals surface area contributed by atoms with Crippen LogP contribution in [0.15, 0.2) is 42.5 Å². The van der Waals surface area contributed by atoms with Crippen molar-refractivity contribution in [2.24, 2.45) is 5.92 Å². The van der Waals surface area contributed by atoms with E-state index in [4.69, 9.17) is 0 Å². The molecule has 0 spiro atoms. The summed E-state index contributed by atoms with van der Waals surface area (Å²) >= 11 is 0. The Morgan fingerprint density at radius 1 is 1.18 bits per heavy atom. The van der Waals surface area contributed by atoms with E-state index in [0.717, 1.165) is 35.7 Å². The van der Waals surface area contributed by atoms with E-state index < -0.39 is 10.0 Å². The first-order valence-electron chi connectivity index (χ1n) is 12.2. The summed E-state index contributed by atoms with van der Waals surface area (Å²) in [6, 6.07) is 14.0. The Morgan fingerprint density at radius 3 is 2.53 bits per heavy atom. The van der Waals surface area contributed by atoms with Crippen molar-refractivity contribution < 1.29 is 13.2 Å². The SMILES string of the molecule is Cc1cccc(N(CCCC(=O)N[C@H](C)c2ccc(N3CCC[C@H](C)C3)cc2)S(C)(=O)=O)c1C. The van der Waals surface area contributed by atoms with Crippen LogP contribution < -0.4 is 14.5 Å². The smallest absolute Gasteiger partial charge is 0.232 e. The first-order valence-corrected chi connectivity index (χ1v) is 14.1. The van der Waals surface area contributed by atoms with Crippen molar-refractivity contribution in [1.29, 1.82) is 0 Å². The van der Waals surface area contributed by atoms with Gasteiger partial charge in [0.05, 0.1) is 18.0 Å². The molecule has 1 aliphatic rings. The van der Waals surface area contributed by atoms with Gasteiger partial charge in [-0.1, -0.05) is 31.2 Å². The maximum Gasteiger partial charge on any atom is 0.232 e. The molecule has 2 atom stereocenters. The number of nitrogens with zero attached hydrogens (tertiary/aromatic N) is 2. The Labute approximate surface area is 205 Å². The molecule has 0 radical (unpaired) electrons. The highest BCUT2D eigenvalue weighted by molar-refractivity contribution is 7.92. The number of rotatable bonds is 9. The minimum atomic E-state index is -3.44. The number of aryl methyl sites for hydroxylation is 1. The summed E-state index contributed by atoms with van der Waals surface area (Å²) in [6.07, 6.45) is 4.46. The third-order valence-corrected chi connectivity index (χ3v) is 7.98. The van der Waals surface area contributed by atoms with Crippen molar-refractivity contribution in [3.8, 4) is 0 Å². The molecule has 186 valence electrons. The monoisotopic (exact) mass is 485 g/mol. The lowest BCUT2D eigenvalue weighted by Gasteiger charge is -2.33. The lowest BCUT2D eigenvalue weighted by molar-refractivity contribution is -0.121. The van der Waals surface area contributed by atoms with E-state index in [1.165, 1.54) is 29.1 Å². The summed E-state index contributed by atoms with van der Waals surface area (Å²) in [5, 5.41) is 3.05. The molecule has 7 heteroatoms. The lowest BCUT2D eigenvalue weighted by atomic mass is 9.99. The molecule has 0 aromatic heterocycles. The molecule has 3 rings (SSSR count). The normalized spacial score (nSPS) is 17.3. The molecular formula is C27H39N3O3S. The largest absolute Gasteiger partial charge is 0.371 e. The van der Waals surface area contributed by atoms with Gasteiger partial charge in [-0.05, 0) is 80.8 Å². The Bertz CT molecular complexity index is 1080. The number of anilines is 2. The minimum absolute atomic E-state index is 0.0733. The quantitative estimate of drug-likeness (QED) is 0.545. The number of nitrogens with one attached hydrogen (secondary N) is 1. The van der Waals surface area contributed by atoms with Gasteiger partial charge in [0, 0.05) is 31.7 Å². The second kappa shape index (κ2) is 11.3. The van der Waals surface area contributed by atoms with Crippen LogP contribution in [-0.4, -0.2) is 40.2 Å². The van der Waals surface area contributed by atoms with Gasteiger partial charge in [-0.3, -0.25) is 9.10 Å².